The molecular weight excluding hydrogens is 272 g/mol. The first-order valence-corrected chi connectivity index (χ1v) is 7.30. The summed E-state index contributed by atoms with van der Waals surface area (Å²) in [5.41, 5.74) is 4.92. The molecule has 2 aromatic rings. The van der Waals surface area contributed by atoms with Gasteiger partial charge in [0, 0.05) is 16.3 Å². The molecule has 1 N–H and O–H groups in total. The summed E-state index contributed by atoms with van der Waals surface area (Å²) >= 11 is 1.50. The number of carbonyl (C=O) groups excluding carboxylic acids is 1. The van der Waals surface area contributed by atoms with Crippen LogP contribution in [-0.2, 0) is 4.79 Å². The van der Waals surface area contributed by atoms with Crippen LogP contribution in [0.25, 0.3) is 0 Å². The third kappa shape index (κ3) is 3.57. The molecule has 0 bridgehead atoms. The fraction of sp³-hybridized carbons (Fsp3) is 0.267. The summed E-state index contributed by atoms with van der Waals surface area (Å²) in [6.07, 6.45) is 0. The average molecular weight is 290 g/mol. The molecule has 0 saturated carbocycles. The molecule has 1 aromatic heterocycles. The van der Waals surface area contributed by atoms with E-state index in [2.05, 4.69) is 5.43 Å². The monoisotopic (exact) mass is 290 g/mol. The van der Waals surface area contributed by atoms with Crippen LogP contribution in [0.4, 0.5) is 0 Å². The number of methoxy groups -OCH3 is 1. The highest BCUT2D eigenvalue weighted by Gasteiger charge is 2.06. The van der Waals surface area contributed by atoms with Crippen LogP contribution in [-0.4, -0.2) is 23.4 Å². The van der Waals surface area contributed by atoms with Crippen molar-refractivity contribution in [3.8, 4) is 5.75 Å². The maximum atomic E-state index is 11.9. The molecule has 106 valence electrons. The minimum Gasteiger partial charge on any atom is -0.497 e. The smallest absolute Gasteiger partial charge is 0.249 e. The van der Waals surface area contributed by atoms with Crippen LogP contribution in [0.15, 0.2) is 41.3 Å². The lowest BCUT2D eigenvalue weighted by Crippen LogP contribution is -2.26. The van der Waals surface area contributed by atoms with Crippen molar-refractivity contribution in [2.75, 3.05) is 18.3 Å². The van der Waals surface area contributed by atoms with Gasteiger partial charge in [0.05, 0.1) is 12.9 Å². The number of hydrogen-bond donors (Lipinski definition) is 1. The maximum Gasteiger partial charge on any atom is 0.249 e. The molecule has 4 nitrogen and oxygen atoms in total. The van der Waals surface area contributed by atoms with Gasteiger partial charge in [-0.1, -0.05) is 0 Å². The Kier molecular flexibility index (Phi) is 4.74. The lowest BCUT2D eigenvalue weighted by molar-refractivity contribution is -0.114. The van der Waals surface area contributed by atoms with Crippen molar-refractivity contribution in [2.24, 2.45) is 0 Å². The van der Waals surface area contributed by atoms with Gasteiger partial charge >= 0.3 is 0 Å². The minimum absolute atomic E-state index is 0.0202. The van der Waals surface area contributed by atoms with Gasteiger partial charge in [0.2, 0.25) is 5.91 Å². The molecule has 1 amide bonds. The van der Waals surface area contributed by atoms with Crippen molar-refractivity contribution < 1.29 is 9.53 Å². The van der Waals surface area contributed by atoms with Crippen molar-refractivity contribution in [2.45, 2.75) is 18.7 Å². The van der Waals surface area contributed by atoms with E-state index in [0.29, 0.717) is 5.75 Å². The van der Waals surface area contributed by atoms with E-state index in [-0.39, 0.29) is 5.91 Å². The molecule has 0 saturated heterocycles. The first-order chi connectivity index (χ1) is 9.60. The summed E-state index contributed by atoms with van der Waals surface area (Å²) in [4.78, 5) is 13.0. The van der Waals surface area contributed by atoms with E-state index in [1.54, 1.807) is 11.8 Å². The number of nitrogens with zero attached hydrogens (tertiary/aromatic N) is 1. The van der Waals surface area contributed by atoms with Crippen molar-refractivity contribution in [1.29, 1.82) is 0 Å². The largest absolute Gasteiger partial charge is 0.497 e. The second-order valence-corrected chi connectivity index (χ2v) is 5.50. The molecule has 0 aliphatic carbocycles. The normalized spacial score (nSPS) is 10.3. The molecule has 0 aliphatic rings. The lowest BCUT2D eigenvalue weighted by atomic mass is 10.3. The van der Waals surface area contributed by atoms with Crippen LogP contribution in [0, 0.1) is 13.8 Å². The van der Waals surface area contributed by atoms with Crippen molar-refractivity contribution >= 4 is 17.7 Å². The van der Waals surface area contributed by atoms with Gasteiger partial charge in [0.25, 0.3) is 0 Å². The highest BCUT2D eigenvalue weighted by Crippen LogP contribution is 2.21. The Hall–Kier alpha value is -1.88. The fourth-order valence-corrected chi connectivity index (χ4v) is 2.51. The van der Waals surface area contributed by atoms with E-state index in [1.165, 1.54) is 11.8 Å². The molecule has 2 rings (SSSR count). The number of thioether (sulfide) groups is 1. The van der Waals surface area contributed by atoms with Crippen molar-refractivity contribution in [3.63, 3.8) is 0 Å². The molecular formula is C15H18N2O2S. The maximum absolute atomic E-state index is 11.9. The standard InChI is InChI=1S/C15H18N2O2S/c1-11-4-5-12(2)17(11)16-15(18)10-20-14-8-6-13(19-3)7-9-14/h4-9H,10H2,1-3H3,(H,16,18). The van der Waals surface area contributed by atoms with Gasteiger partial charge in [-0.25, -0.2) is 0 Å². The highest BCUT2D eigenvalue weighted by atomic mass is 32.2. The number of benzene rings is 1. The Balaban J connectivity index is 1.89. The van der Waals surface area contributed by atoms with Crippen LogP contribution < -0.4 is 10.2 Å². The second-order valence-electron chi connectivity index (χ2n) is 4.45. The van der Waals surface area contributed by atoms with Crippen LogP contribution in [0.5, 0.6) is 5.75 Å². The number of aryl methyl sites for hydroxylation is 2. The molecule has 1 aromatic carbocycles. The number of amides is 1. The number of carbonyl (C=O) groups is 1. The summed E-state index contributed by atoms with van der Waals surface area (Å²) in [5.74, 6) is 1.18. The van der Waals surface area contributed by atoms with Gasteiger partial charge in [-0.05, 0) is 50.2 Å². The Morgan fingerprint density at radius 1 is 1.15 bits per heavy atom. The summed E-state index contributed by atoms with van der Waals surface area (Å²) in [6, 6.07) is 11.6. The van der Waals surface area contributed by atoms with Crippen LogP contribution in [0.2, 0.25) is 0 Å². The van der Waals surface area contributed by atoms with Gasteiger partial charge in [-0.15, -0.1) is 11.8 Å². The number of hydrogen-bond acceptors (Lipinski definition) is 3. The second kappa shape index (κ2) is 6.52. The number of aromatic nitrogens is 1. The highest BCUT2D eigenvalue weighted by molar-refractivity contribution is 8.00. The van der Waals surface area contributed by atoms with E-state index in [4.69, 9.17) is 4.74 Å². The van der Waals surface area contributed by atoms with Gasteiger partial charge in [0.1, 0.15) is 5.75 Å². The Bertz CT molecular complexity index is 571. The molecule has 1 heterocycles. The molecule has 0 aliphatic heterocycles. The van der Waals surface area contributed by atoms with E-state index < -0.39 is 0 Å². The summed E-state index contributed by atoms with van der Waals surface area (Å²) < 4.78 is 6.90. The van der Waals surface area contributed by atoms with E-state index in [1.807, 2.05) is 50.2 Å². The zero-order valence-electron chi connectivity index (χ0n) is 11.8. The van der Waals surface area contributed by atoms with Gasteiger partial charge in [0.15, 0.2) is 0 Å². The van der Waals surface area contributed by atoms with Crippen LogP contribution in [0.3, 0.4) is 0 Å². The summed E-state index contributed by atoms with van der Waals surface area (Å²) in [7, 11) is 1.64. The predicted molar refractivity (Wildman–Crippen MR) is 82.0 cm³/mol. The summed E-state index contributed by atoms with van der Waals surface area (Å²) in [5, 5.41) is 0. The molecule has 5 heteroatoms. The molecule has 0 unspecified atom stereocenters. The van der Waals surface area contributed by atoms with Crippen LogP contribution in [0.1, 0.15) is 11.4 Å². The van der Waals surface area contributed by atoms with Crippen LogP contribution >= 0.6 is 11.8 Å². The SMILES string of the molecule is COc1ccc(SCC(=O)Nn2c(C)ccc2C)cc1. The molecule has 0 radical (unpaired) electrons. The van der Waals surface area contributed by atoms with Gasteiger partial charge in [-0.3, -0.25) is 14.9 Å². The first kappa shape index (κ1) is 14.5. The van der Waals surface area contributed by atoms with Crippen molar-refractivity contribution in [3.05, 3.63) is 47.8 Å². The van der Waals surface area contributed by atoms with E-state index in [0.717, 1.165) is 22.0 Å². The van der Waals surface area contributed by atoms with E-state index >= 15 is 0 Å². The molecule has 0 spiro atoms. The Morgan fingerprint density at radius 3 is 2.30 bits per heavy atom. The minimum atomic E-state index is -0.0202. The summed E-state index contributed by atoms with van der Waals surface area (Å²) in [6.45, 7) is 3.92. The number of nitrogens with one attached hydrogen (secondary N) is 1. The van der Waals surface area contributed by atoms with Crippen molar-refractivity contribution in [1.82, 2.24) is 4.68 Å². The first-order valence-electron chi connectivity index (χ1n) is 6.32. The van der Waals surface area contributed by atoms with Gasteiger partial charge < -0.3 is 4.74 Å². The van der Waals surface area contributed by atoms with Gasteiger partial charge in [-0.2, -0.15) is 0 Å². The predicted octanol–water partition coefficient (Wildman–Crippen LogP) is 2.98. The molecule has 20 heavy (non-hydrogen) atoms. The van der Waals surface area contributed by atoms with E-state index in [9.17, 15) is 4.79 Å². The number of ether oxygens (including phenoxy) is 1. The number of rotatable bonds is 5. The third-order valence-electron chi connectivity index (χ3n) is 2.94. The Labute approximate surface area is 123 Å². The average Bonchev–Trinajstić information content (AvgIpc) is 2.77. The topological polar surface area (TPSA) is 43.3 Å². The fourth-order valence-electron chi connectivity index (χ4n) is 1.82. The lowest BCUT2D eigenvalue weighted by Gasteiger charge is -2.11. The molecule has 0 atom stereocenters. The Morgan fingerprint density at radius 2 is 1.75 bits per heavy atom. The molecule has 0 fully saturated rings. The zero-order chi connectivity index (χ0) is 14.5. The quantitative estimate of drug-likeness (QED) is 0.861. The zero-order valence-corrected chi connectivity index (χ0v) is 12.7. The third-order valence-corrected chi connectivity index (χ3v) is 3.95.